The number of nitrogens with one attached hydrogen (secondary N) is 1. The molecule has 5 rings (SSSR count). The number of carbonyl (C=O) groups excluding carboxylic acids is 1. The number of hydrogen-bond donors (Lipinski definition) is 1. The molecule has 7 heteroatoms. The van der Waals surface area contributed by atoms with Crippen molar-refractivity contribution in [3.63, 3.8) is 0 Å². The number of pyridine rings is 1. The Morgan fingerprint density at radius 1 is 0.853 bits per heavy atom. The summed E-state index contributed by atoms with van der Waals surface area (Å²) in [5.41, 5.74) is 4.48. The summed E-state index contributed by atoms with van der Waals surface area (Å²) in [6.07, 6.45) is 0. The van der Waals surface area contributed by atoms with Crippen LogP contribution in [0.5, 0.6) is 11.5 Å². The van der Waals surface area contributed by atoms with Crippen molar-refractivity contribution in [3.05, 3.63) is 89.8 Å². The third-order valence-electron chi connectivity index (χ3n) is 5.44. The summed E-state index contributed by atoms with van der Waals surface area (Å²) >= 11 is 1.35. The molecule has 2 heterocycles. The second-order valence-corrected chi connectivity index (χ2v) is 8.35. The van der Waals surface area contributed by atoms with Crippen molar-refractivity contribution >= 4 is 33.3 Å². The number of carbonyl (C=O) groups is 1. The summed E-state index contributed by atoms with van der Waals surface area (Å²) in [7, 11) is 3.22. The van der Waals surface area contributed by atoms with E-state index in [1.165, 1.54) is 11.3 Å². The van der Waals surface area contributed by atoms with Crippen molar-refractivity contribution in [2.75, 3.05) is 19.5 Å². The van der Waals surface area contributed by atoms with Crippen molar-refractivity contribution in [2.45, 2.75) is 0 Å². The van der Waals surface area contributed by atoms with Gasteiger partial charge in [0.1, 0.15) is 11.5 Å². The maximum Gasteiger partial charge on any atom is 0.258 e. The number of ether oxygens (including phenoxy) is 2. The molecule has 0 unspecified atom stereocenters. The molecule has 0 aliphatic heterocycles. The van der Waals surface area contributed by atoms with Crippen LogP contribution in [-0.2, 0) is 0 Å². The number of thiazole rings is 1. The van der Waals surface area contributed by atoms with Crippen molar-refractivity contribution in [2.24, 2.45) is 0 Å². The van der Waals surface area contributed by atoms with Crippen molar-refractivity contribution < 1.29 is 14.3 Å². The quantitative estimate of drug-likeness (QED) is 0.317. The molecular formula is C27H21N3O3S. The van der Waals surface area contributed by atoms with E-state index in [0.717, 1.165) is 27.7 Å². The van der Waals surface area contributed by atoms with Crippen LogP contribution in [0, 0.1) is 0 Å². The number of rotatable bonds is 6. The zero-order valence-electron chi connectivity index (χ0n) is 18.6. The highest BCUT2D eigenvalue weighted by atomic mass is 32.1. The lowest BCUT2D eigenvalue weighted by Crippen LogP contribution is -2.13. The van der Waals surface area contributed by atoms with Gasteiger partial charge in [-0.25, -0.2) is 9.97 Å². The third-order valence-corrected chi connectivity index (χ3v) is 6.20. The minimum Gasteiger partial charge on any atom is -0.497 e. The maximum atomic E-state index is 13.4. The number of methoxy groups -OCH3 is 2. The van der Waals surface area contributed by atoms with E-state index in [9.17, 15) is 4.79 Å². The molecule has 1 amide bonds. The van der Waals surface area contributed by atoms with Crippen LogP contribution in [0.2, 0.25) is 0 Å². The Balaban J connectivity index is 1.49. The fourth-order valence-corrected chi connectivity index (χ4v) is 4.46. The van der Waals surface area contributed by atoms with Crippen LogP contribution < -0.4 is 14.8 Å². The van der Waals surface area contributed by atoms with Gasteiger partial charge in [0.15, 0.2) is 5.13 Å². The molecule has 2 aromatic heterocycles. The SMILES string of the molecule is COc1ccc(OC)c(-c2csc(NC(=O)c3cc(-c4ccccc4)nc4ccccc34)n2)c1. The standard InChI is InChI=1S/C27H21N3O3S/c1-32-18-12-13-25(33-2)21(14-18)24-16-34-27(29-24)30-26(31)20-15-23(17-8-4-3-5-9-17)28-22-11-7-6-10-19(20)22/h3-16H,1-2H3,(H,29,30,31). The zero-order valence-corrected chi connectivity index (χ0v) is 19.4. The topological polar surface area (TPSA) is 73.3 Å². The minimum atomic E-state index is -0.241. The fourth-order valence-electron chi connectivity index (χ4n) is 3.75. The van der Waals surface area contributed by atoms with Gasteiger partial charge in [-0.15, -0.1) is 11.3 Å². The molecule has 0 fully saturated rings. The summed E-state index contributed by atoms with van der Waals surface area (Å²) in [6, 6.07) is 24.8. The molecule has 0 aliphatic carbocycles. The molecule has 168 valence electrons. The molecule has 0 bridgehead atoms. The van der Waals surface area contributed by atoms with E-state index in [1.807, 2.05) is 84.2 Å². The molecule has 0 saturated heterocycles. The van der Waals surface area contributed by atoms with Gasteiger partial charge in [-0.05, 0) is 30.3 Å². The Bertz CT molecular complexity index is 1480. The largest absolute Gasteiger partial charge is 0.497 e. The van der Waals surface area contributed by atoms with Gasteiger partial charge in [0.05, 0.1) is 36.7 Å². The Morgan fingerprint density at radius 3 is 2.44 bits per heavy atom. The summed E-state index contributed by atoms with van der Waals surface area (Å²) in [4.78, 5) is 22.7. The summed E-state index contributed by atoms with van der Waals surface area (Å²) < 4.78 is 10.8. The summed E-state index contributed by atoms with van der Waals surface area (Å²) in [5, 5.41) is 6.11. The number of benzene rings is 3. The highest BCUT2D eigenvalue weighted by Gasteiger charge is 2.17. The molecule has 0 atom stereocenters. The van der Waals surface area contributed by atoms with E-state index < -0.39 is 0 Å². The predicted octanol–water partition coefficient (Wildman–Crippen LogP) is 6.29. The molecule has 34 heavy (non-hydrogen) atoms. The lowest BCUT2D eigenvalue weighted by Gasteiger charge is -2.10. The molecular weight excluding hydrogens is 446 g/mol. The van der Waals surface area contributed by atoms with Crippen LogP contribution in [0.25, 0.3) is 33.4 Å². The predicted molar refractivity (Wildman–Crippen MR) is 136 cm³/mol. The first-order chi connectivity index (χ1) is 16.7. The van der Waals surface area contributed by atoms with Crippen LogP contribution in [0.3, 0.4) is 0 Å². The summed E-state index contributed by atoms with van der Waals surface area (Å²) in [6.45, 7) is 0. The smallest absolute Gasteiger partial charge is 0.258 e. The second kappa shape index (κ2) is 9.33. The van der Waals surface area contributed by atoms with Gasteiger partial charge in [0, 0.05) is 21.9 Å². The van der Waals surface area contributed by atoms with Gasteiger partial charge in [-0.2, -0.15) is 0 Å². The first-order valence-corrected chi connectivity index (χ1v) is 11.5. The van der Waals surface area contributed by atoms with E-state index in [-0.39, 0.29) is 5.91 Å². The molecule has 0 radical (unpaired) electrons. The third kappa shape index (κ3) is 4.21. The normalized spacial score (nSPS) is 10.8. The van der Waals surface area contributed by atoms with Crippen LogP contribution in [-0.4, -0.2) is 30.1 Å². The van der Waals surface area contributed by atoms with E-state index in [4.69, 9.17) is 14.5 Å². The van der Waals surface area contributed by atoms with Gasteiger partial charge in [-0.3, -0.25) is 10.1 Å². The van der Waals surface area contributed by atoms with Crippen LogP contribution >= 0.6 is 11.3 Å². The number of aromatic nitrogens is 2. The molecule has 0 aliphatic rings. The van der Waals surface area contributed by atoms with Crippen molar-refractivity contribution in [3.8, 4) is 34.0 Å². The zero-order chi connectivity index (χ0) is 23.5. The van der Waals surface area contributed by atoms with Crippen LogP contribution in [0.15, 0.2) is 84.2 Å². The number of anilines is 1. The van der Waals surface area contributed by atoms with E-state index >= 15 is 0 Å². The molecule has 6 nitrogen and oxygen atoms in total. The number of hydrogen-bond acceptors (Lipinski definition) is 6. The highest BCUT2D eigenvalue weighted by molar-refractivity contribution is 7.14. The van der Waals surface area contributed by atoms with Crippen molar-refractivity contribution in [1.29, 1.82) is 0 Å². The van der Waals surface area contributed by atoms with Crippen LogP contribution in [0.4, 0.5) is 5.13 Å². The Morgan fingerprint density at radius 2 is 1.65 bits per heavy atom. The second-order valence-electron chi connectivity index (χ2n) is 7.50. The van der Waals surface area contributed by atoms with E-state index in [0.29, 0.717) is 27.9 Å². The lowest BCUT2D eigenvalue weighted by atomic mass is 10.0. The molecule has 1 N–H and O–H groups in total. The molecule has 0 saturated carbocycles. The summed E-state index contributed by atoms with van der Waals surface area (Å²) in [5.74, 6) is 1.14. The highest BCUT2D eigenvalue weighted by Crippen LogP contribution is 2.35. The number of nitrogens with zero attached hydrogens (tertiary/aromatic N) is 2. The lowest BCUT2D eigenvalue weighted by molar-refractivity contribution is 0.102. The van der Waals surface area contributed by atoms with Gasteiger partial charge < -0.3 is 9.47 Å². The first-order valence-electron chi connectivity index (χ1n) is 10.6. The van der Waals surface area contributed by atoms with Crippen molar-refractivity contribution in [1.82, 2.24) is 9.97 Å². The van der Waals surface area contributed by atoms with Gasteiger partial charge in [0.25, 0.3) is 5.91 Å². The number of amides is 1. The average Bonchev–Trinajstić information content (AvgIpc) is 3.36. The Kier molecular flexibility index (Phi) is 5.93. The molecule has 3 aromatic carbocycles. The maximum absolute atomic E-state index is 13.4. The van der Waals surface area contributed by atoms with Crippen LogP contribution in [0.1, 0.15) is 10.4 Å². The number of para-hydroxylation sites is 1. The van der Waals surface area contributed by atoms with E-state index in [1.54, 1.807) is 14.2 Å². The Hall–Kier alpha value is -4.23. The molecule has 0 spiro atoms. The minimum absolute atomic E-state index is 0.241. The number of fused-ring (bicyclic) bond motifs is 1. The van der Waals surface area contributed by atoms with Gasteiger partial charge >= 0.3 is 0 Å². The molecule has 5 aromatic rings. The fraction of sp³-hybridized carbons (Fsp3) is 0.0741. The monoisotopic (exact) mass is 467 g/mol. The van der Waals surface area contributed by atoms with Gasteiger partial charge in [-0.1, -0.05) is 48.5 Å². The average molecular weight is 468 g/mol. The first kappa shape index (κ1) is 21.6. The van der Waals surface area contributed by atoms with Gasteiger partial charge in [0.2, 0.25) is 0 Å². The van der Waals surface area contributed by atoms with E-state index in [2.05, 4.69) is 10.3 Å². The Labute approximate surface area is 200 Å².